The first-order valence-corrected chi connectivity index (χ1v) is 9.98. The summed E-state index contributed by atoms with van der Waals surface area (Å²) >= 11 is 0. The van der Waals surface area contributed by atoms with Gasteiger partial charge in [-0.05, 0) is 13.1 Å². The van der Waals surface area contributed by atoms with Crippen LogP contribution in [0, 0.1) is 0 Å². The van der Waals surface area contributed by atoms with Gasteiger partial charge in [0, 0.05) is 14.2 Å². The van der Waals surface area contributed by atoms with E-state index >= 15 is 0 Å². The molecule has 1 aliphatic heterocycles. The van der Waals surface area contributed by atoms with Crippen LogP contribution >= 0.6 is 0 Å². The van der Waals surface area contributed by atoms with Crippen LogP contribution in [0.2, 0.25) is 13.1 Å². The first kappa shape index (κ1) is 16.4. The lowest BCUT2D eigenvalue weighted by molar-refractivity contribution is 0.0140. The maximum Gasteiger partial charge on any atom is 0.332 e. The summed E-state index contributed by atoms with van der Waals surface area (Å²) in [4.78, 5) is 0. The molecule has 0 aromatic carbocycles. The van der Waals surface area contributed by atoms with Crippen molar-refractivity contribution in [1.82, 2.24) is 0 Å². The number of hydrogen-bond acceptors (Lipinski definition) is 4. The molecule has 1 fully saturated rings. The van der Waals surface area contributed by atoms with Crippen molar-refractivity contribution in [3.8, 4) is 0 Å². The van der Waals surface area contributed by atoms with Crippen LogP contribution in [0.4, 0.5) is 0 Å². The summed E-state index contributed by atoms with van der Waals surface area (Å²) in [7, 11) is 1.59. The van der Waals surface area contributed by atoms with E-state index in [0.717, 1.165) is 0 Å². The Balaban J connectivity index is 0.000000155. The minimum atomic E-state index is -1.77. The number of rotatable bonds is 2. The zero-order chi connectivity index (χ0) is 15.3. The standard InChI is InChI=1S/C8H12O2Si.C8H12O2/c1-11(2)9-7-5-3-4-6-8(7)10-11;1-9-7-5-3-4-6-8(7)10-2/h3-8H,1-2H3;3-8H,1-2H3/t7-,8+;. The van der Waals surface area contributed by atoms with E-state index in [9.17, 15) is 0 Å². The Morgan fingerprint density at radius 1 is 0.714 bits per heavy atom. The van der Waals surface area contributed by atoms with E-state index < -0.39 is 8.56 Å². The van der Waals surface area contributed by atoms with Crippen LogP contribution < -0.4 is 0 Å². The van der Waals surface area contributed by atoms with E-state index in [1.165, 1.54) is 0 Å². The first-order valence-electron chi connectivity index (χ1n) is 7.17. The first-order chi connectivity index (χ1) is 10.1. The Kier molecular flexibility index (Phi) is 5.72. The number of allylic oxidation sites excluding steroid dienone is 4. The quantitative estimate of drug-likeness (QED) is 0.735. The Labute approximate surface area is 128 Å². The molecule has 0 spiro atoms. The highest BCUT2D eigenvalue weighted by atomic mass is 28.4. The van der Waals surface area contributed by atoms with Crippen LogP contribution in [-0.2, 0) is 18.3 Å². The molecule has 2 aliphatic carbocycles. The molecule has 0 aromatic rings. The molecule has 0 radical (unpaired) electrons. The normalized spacial score (nSPS) is 35.2. The summed E-state index contributed by atoms with van der Waals surface area (Å²) in [5.41, 5.74) is 0. The van der Waals surface area contributed by atoms with Crippen molar-refractivity contribution in [1.29, 1.82) is 0 Å². The van der Waals surface area contributed by atoms with Gasteiger partial charge in [0.05, 0.1) is 12.2 Å². The van der Waals surface area contributed by atoms with Crippen molar-refractivity contribution in [2.75, 3.05) is 14.2 Å². The maximum absolute atomic E-state index is 5.73. The molecule has 0 saturated carbocycles. The highest BCUT2D eigenvalue weighted by molar-refractivity contribution is 6.65. The number of fused-ring (bicyclic) bond motifs is 1. The van der Waals surface area contributed by atoms with Crippen molar-refractivity contribution in [2.45, 2.75) is 37.5 Å². The molecule has 3 aliphatic rings. The van der Waals surface area contributed by atoms with Crippen LogP contribution in [0.15, 0.2) is 48.6 Å². The maximum atomic E-state index is 5.73. The third-order valence-electron chi connectivity index (χ3n) is 3.46. The van der Waals surface area contributed by atoms with Crippen LogP contribution in [0.5, 0.6) is 0 Å². The second kappa shape index (κ2) is 7.33. The van der Waals surface area contributed by atoms with E-state index in [1.807, 2.05) is 36.5 Å². The topological polar surface area (TPSA) is 36.9 Å². The number of hydrogen-bond donors (Lipinski definition) is 0. The van der Waals surface area contributed by atoms with Crippen LogP contribution in [0.3, 0.4) is 0 Å². The van der Waals surface area contributed by atoms with E-state index in [2.05, 4.69) is 25.2 Å². The van der Waals surface area contributed by atoms with Gasteiger partial charge < -0.3 is 18.3 Å². The van der Waals surface area contributed by atoms with E-state index in [4.69, 9.17) is 18.3 Å². The van der Waals surface area contributed by atoms with Gasteiger partial charge in [0.25, 0.3) is 0 Å². The lowest BCUT2D eigenvalue weighted by atomic mass is 10.1. The predicted octanol–water partition coefficient (Wildman–Crippen LogP) is 2.74. The summed E-state index contributed by atoms with van der Waals surface area (Å²) in [6.45, 7) is 4.15. The monoisotopic (exact) mass is 308 g/mol. The molecule has 1 saturated heterocycles. The predicted molar refractivity (Wildman–Crippen MR) is 85.4 cm³/mol. The van der Waals surface area contributed by atoms with E-state index in [0.29, 0.717) is 0 Å². The van der Waals surface area contributed by atoms with Crippen LogP contribution in [0.1, 0.15) is 0 Å². The number of methoxy groups -OCH3 is 2. The Morgan fingerprint density at radius 3 is 1.48 bits per heavy atom. The highest BCUT2D eigenvalue weighted by Gasteiger charge is 2.41. The third-order valence-corrected chi connectivity index (χ3v) is 5.14. The molecule has 2 unspecified atom stereocenters. The fraction of sp³-hybridized carbons (Fsp3) is 0.500. The highest BCUT2D eigenvalue weighted by Crippen LogP contribution is 2.28. The molecule has 0 bridgehead atoms. The van der Waals surface area contributed by atoms with Crippen LogP contribution in [0.25, 0.3) is 0 Å². The van der Waals surface area contributed by atoms with Gasteiger partial charge in [-0.1, -0.05) is 48.6 Å². The van der Waals surface area contributed by atoms with Gasteiger partial charge >= 0.3 is 8.56 Å². The SMILES string of the molecule is COC1C=CC=CC1OC.C[Si]1(C)O[C@H]2C=CC=C[C@H]2O1. The fourth-order valence-electron chi connectivity index (χ4n) is 2.45. The lowest BCUT2D eigenvalue weighted by Crippen LogP contribution is -2.28. The van der Waals surface area contributed by atoms with Crippen molar-refractivity contribution >= 4 is 8.56 Å². The van der Waals surface area contributed by atoms with Gasteiger partial charge in [-0.2, -0.15) is 0 Å². The lowest BCUT2D eigenvalue weighted by Gasteiger charge is -2.20. The Morgan fingerprint density at radius 2 is 1.10 bits per heavy atom. The second-order valence-corrected chi connectivity index (χ2v) is 8.78. The van der Waals surface area contributed by atoms with Gasteiger partial charge in [0.2, 0.25) is 0 Å². The molecule has 0 N–H and O–H groups in total. The van der Waals surface area contributed by atoms with Gasteiger partial charge in [-0.15, -0.1) is 0 Å². The summed E-state index contributed by atoms with van der Waals surface area (Å²) in [5, 5.41) is 0. The van der Waals surface area contributed by atoms with Crippen molar-refractivity contribution < 1.29 is 18.3 Å². The largest absolute Gasteiger partial charge is 0.385 e. The van der Waals surface area contributed by atoms with Crippen molar-refractivity contribution in [2.24, 2.45) is 0 Å². The molecule has 116 valence electrons. The zero-order valence-corrected chi connectivity index (χ0v) is 14.1. The summed E-state index contributed by atoms with van der Waals surface area (Å²) < 4.78 is 21.7. The third kappa shape index (κ3) is 4.49. The molecule has 21 heavy (non-hydrogen) atoms. The minimum absolute atomic E-state index is 0.0787. The van der Waals surface area contributed by atoms with Crippen LogP contribution in [-0.4, -0.2) is 47.2 Å². The Bertz CT molecular complexity index is 413. The average molecular weight is 308 g/mol. The van der Waals surface area contributed by atoms with Crippen molar-refractivity contribution in [3.63, 3.8) is 0 Å². The molecule has 4 nitrogen and oxygen atoms in total. The smallest absolute Gasteiger partial charge is 0.332 e. The average Bonchev–Trinajstić information content (AvgIpc) is 2.81. The molecular formula is C16H24O4Si. The van der Waals surface area contributed by atoms with Crippen molar-refractivity contribution in [3.05, 3.63) is 48.6 Å². The fourth-order valence-corrected chi connectivity index (χ4v) is 4.25. The van der Waals surface area contributed by atoms with E-state index in [1.54, 1.807) is 14.2 Å². The van der Waals surface area contributed by atoms with E-state index in [-0.39, 0.29) is 24.4 Å². The molecule has 4 atom stereocenters. The molecule has 1 heterocycles. The molecule has 5 heteroatoms. The zero-order valence-electron chi connectivity index (χ0n) is 13.1. The van der Waals surface area contributed by atoms with Gasteiger partial charge in [0.1, 0.15) is 12.2 Å². The minimum Gasteiger partial charge on any atom is -0.385 e. The number of ether oxygens (including phenoxy) is 2. The van der Waals surface area contributed by atoms with Gasteiger partial charge in [0.15, 0.2) is 0 Å². The van der Waals surface area contributed by atoms with Gasteiger partial charge in [-0.3, -0.25) is 0 Å². The summed E-state index contributed by atoms with van der Waals surface area (Å²) in [5.74, 6) is 0. The Hall–Kier alpha value is -0.983. The molecule has 0 aromatic heterocycles. The molecule has 3 rings (SSSR count). The summed E-state index contributed by atoms with van der Waals surface area (Å²) in [6.07, 6.45) is 16.6. The molecule has 0 amide bonds. The molecular weight excluding hydrogens is 284 g/mol. The van der Waals surface area contributed by atoms with Gasteiger partial charge in [-0.25, -0.2) is 0 Å². The summed E-state index contributed by atoms with van der Waals surface area (Å²) in [6, 6.07) is 0. The second-order valence-electron chi connectivity index (χ2n) is 5.50.